The molecule has 0 aliphatic rings. The van der Waals surface area contributed by atoms with Gasteiger partial charge in [-0.05, 0) is 12.1 Å². The van der Waals surface area contributed by atoms with Crippen molar-refractivity contribution in [3.05, 3.63) is 30.2 Å². The minimum absolute atomic E-state index is 0. The fourth-order valence-corrected chi connectivity index (χ4v) is 1.05. The van der Waals surface area contributed by atoms with E-state index < -0.39 is 5.97 Å². The Labute approximate surface area is 84.4 Å². The predicted octanol–water partition coefficient (Wildman–Crippen LogP) is 1.84. The molecule has 0 aromatic carbocycles. The van der Waals surface area contributed by atoms with Crippen LogP contribution >= 0.6 is 17.0 Å². The Morgan fingerprint density at radius 3 is 2.85 bits per heavy atom. The number of carbonyl (C=O) groups is 1. The highest BCUT2D eigenvalue weighted by Gasteiger charge is 2.04. The molecule has 0 amide bonds. The average Bonchev–Trinajstić information content (AvgIpc) is 2.49. The molecule has 2 aromatic heterocycles. The summed E-state index contributed by atoms with van der Waals surface area (Å²) in [5, 5.41) is 9.53. The molecule has 0 radical (unpaired) electrons. The van der Waals surface area contributed by atoms with Crippen molar-refractivity contribution in [2.75, 3.05) is 0 Å². The Balaban J connectivity index is 0.000000845. The molecule has 2 rings (SSSR count). The summed E-state index contributed by atoms with van der Waals surface area (Å²) >= 11 is 0. The number of fused-ring (bicyclic) bond motifs is 1. The number of rotatable bonds is 1. The lowest BCUT2D eigenvalue weighted by Crippen LogP contribution is -1.98. The normalized spacial score (nSPS) is 9.54. The lowest BCUT2D eigenvalue weighted by molar-refractivity contribution is 0.0691. The molecule has 68 valence electrons. The second kappa shape index (κ2) is 3.57. The van der Waals surface area contributed by atoms with Gasteiger partial charge in [0.25, 0.3) is 0 Å². The van der Waals surface area contributed by atoms with E-state index in [-0.39, 0.29) is 22.7 Å². The van der Waals surface area contributed by atoms with Crippen molar-refractivity contribution in [2.45, 2.75) is 0 Å². The molecule has 0 aliphatic heterocycles. The van der Waals surface area contributed by atoms with Gasteiger partial charge in [-0.25, -0.2) is 9.78 Å². The number of nitrogens with zero attached hydrogens (tertiary/aromatic N) is 1. The van der Waals surface area contributed by atoms with Crippen LogP contribution in [0.5, 0.6) is 0 Å². The van der Waals surface area contributed by atoms with Crippen molar-refractivity contribution in [3.63, 3.8) is 0 Å². The smallest absolute Gasteiger partial charge is 0.354 e. The zero-order valence-corrected chi connectivity index (χ0v) is 8.23. The van der Waals surface area contributed by atoms with E-state index in [4.69, 9.17) is 5.11 Å². The van der Waals surface area contributed by atoms with Crippen LogP contribution < -0.4 is 0 Å². The van der Waals surface area contributed by atoms with Crippen LogP contribution in [0.3, 0.4) is 0 Å². The Hall–Kier alpha value is -1.36. The monoisotopic (exact) mass is 242 g/mol. The minimum atomic E-state index is -1.00. The first-order valence-corrected chi connectivity index (χ1v) is 3.44. The molecule has 13 heavy (non-hydrogen) atoms. The van der Waals surface area contributed by atoms with Gasteiger partial charge in [0.15, 0.2) is 0 Å². The van der Waals surface area contributed by atoms with Crippen molar-refractivity contribution in [1.29, 1.82) is 0 Å². The summed E-state index contributed by atoms with van der Waals surface area (Å²) in [5.41, 5.74) is 0.747. The highest BCUT2D eigenvalue weighted by atomic mass is 79.9. The topological polar surface area (TPSA) is 66.0 Å². The van der Waals surface area contributed by atoms with E-state index in [0.29, 0.717) is 5.52 Å². The lowest BCUT2D eigenvalue weighted by Gasteiger charge is -1.91. The summed E-state index contributed by atoms with van der Waals surface area (Å²) in [6.07, 6.45) is 3.44. The van der Waals surface area contributed by atoms with Gasteiger partial charge in [0.1, 0.15) is 5.69 Å². The number of H-pyrrole nitrogens is 1. The lowest BCUT2D eigenvalue weighted by atomic mass is 10.3. The van der Waals surface area contributed by atoms with Crippen molar-refractivity contribution in [2.24, 2.45) is 0 Å². The first-order chi connectivity index (χ1) is 5.77. The highest BCUT2D eigenvalue weighted by Crippen LogP contribution is 2.10. The summed E-state index contributed by atoms with van der Waals surface area (Å²) in [7, 11) is 0. The number of carboxylic acid groups (broad SMARTS) is 1. The molecule has 0 bridgehead atoms. The summed E-state index contributed by atoms with van der Waals surface area (Å²) in [4.78, 5) is 17.2. The summed E-state index contributed by atoms with van der Waals surface area (Å²) < 4.78 is 0. The van der Waals surface area contributed by atoms with Gasteiger partial charge in [-0.3, -0.25) is 0 Å². The average molecular weight is 243 g/mol. The van der Waals surface area contributed by atoms with Crippen molar-refractivity contribution < 1.29 is 9.90 Å². The largest absolute Gasteiger partial charge is 0.477 e. The molecule has 0 spiro atoms. The number of hydrogen-bond acceptors (Lipinski definition) is 2. The van der Waals surface area contributed by atoms with E-state index in [0.717, 1.165) is 5.39 Å². The Kier molecular flexibility index (Phi) is 2.67. The van der Waals surface area contributed by atoms with Crippen LogP contribution in [0, 0.1) is 0 Å². The number of pyridine rings is 1. The van der Waals surface area contributed by atoms with Gasteiger partial charge < -0.3 is 10.1 Å². The molecule has 2 N–H and O–H groups in total. The minimum Gasteiger partial charge on any atom is -0.477 e. The van der Waals surface area contributed by atoms with Gasteiger partial charge in [-0.15, -0.1) is 17.0 Å². The zero-order chi connectivity index (χ0) is 8.55. The number of hydrogen-bond donors (Lipinski definition) is 2. The number of nitrogens with one attached hydrogen (secondary N) is 1. The standard InChI is InChI=1S/C8H6N2O2.BrH/c11-8(12)6-2-1-5-3-9-4-7(5)10-6;/h1-4,9H,(H,11,12);1H. The Morgan fingerprint density at radius 2 is 2.15 bits per heavy atom. The highest BCUT2D eigenvalue weighted by molar-refractivity contribution is 8.93. The second-order valence-corrected chi connectivity index (χ2v) is 2.43. The third-order valence-electron chi connectivity index (χ3n) is 1.64. The van der Waals surface area contributed by atoms with Crippen LogP contribution in [0.4, 0.5) is 0 Å². The molecule has 0 fully saturated rings. The van der Waals surface area contributed by atoms with Crippen molar-refractivity contribution >= 4 is 33.9 Å². The number of aromatic amines is 1. The Morgan fingerprint density at radius 1 is 1.38 bits per heavy atom. The maximum Gasteiger partial charge on any atom is 0.354 e. The van der Waals surface area contributed by atoms with E-state index in [9.17, 15) is 4.79 Å². The van der Waals surface area contributed by atoms with E-state index in [1.165, 1.54) is 6.07 Å². The van der Waals surface area contributed by atoms with Crippen LogP contribution in [-0.2, 0) is 0 Å². The Bertz CT molecular complexity index is 438. The van der Waals surface area contributed by atoms with Crippen LogP contribution in [0.1, 0.15) is 10.5 Å². The molecule has 4 nitrogen and oxygen atoms in total. The van der Waals surface area contributed by atoms with Crippen LogP contribution in [0.2, 0.25) is 0 Å². The predicted molar refractivity (Wildman–Crippen MR) is 53.4 cm³/mol. The van der Waals surface area contributed by atoms with E-state index in [1.807, 2.05) is 0 Å². The van der Waals surface area contributed by atoms with Gasteiger partial charge >= 0.3 is 5.97 Å². The van der Waals surface area contributed by atoms with Gasteiger partial charge in [0.05, 0.1) is 5.52 Å². The quantitative estimate of drug-likeness (QED) is 0.802. The van der Waals surface area contributed by atoms with Crippen LogP contribution in [0.25, 0.3) is 10.9 Å². The molecule has 0 aliphatic carbocycles. The SMILES string of the molecule is Br.O=C(O)c1ccc2c[nH]cc2n1. The number of carboxylic acids is 1. The van der Waals surface area contributed by atoms with Crippen molar-refractivity contribution in [3.8, 4) is 0 Å². The molecule has 0 saturated heterocycles. The van der Waals surface area contributed by atoms with Crippen molar-refractivity contribution in [1.82, 2.24) is 9.97 Å². The number of aromatic nitrogens is 2. The molecule has 2 heterocycles. The third-order valence-corrected chi connectivity index (χ3v) is 1.64. The first kappa shape index (κ1) is 9.73. The van der Waals surface area contributed by atoms with E-state index in [1.54, 1.807) is 18.5 Å². The van der Waals surface area contributed by atoms with Gasteiger partial charge in [0.2, 0.25) is 0 Å². The molecule has 5 heteroatoms. The summed E-state index contributed by atoms with van der Waals surface area (Å²) in [6.45, 7) is 0. The van der Waals surface area contributed by atoms with Gasteiger partial charge in [0, 0.05) is 17.8 Å². The fraction of sp³-hybridized carbons (Fsp3) is 0. The van der Waals surface area contributed by atoms with Crippen LogP contribution in [0.15, 0.2) is 24.5 Å². The second-order valence-electron chi connectivity index (χ2n) is 2.43. The molecule has 0 saturated carbocycles. The first-order valence-electron chi connectivity index (χ1n) is 3.44. The van der Waals surface area contributed by atoms with Crippen LogP contribution in [-0.4, -0.2) is 21.0 Å². The zero-order valence-electron chi connectivity index (χ0n) is 6.52. The summed E-state index contributed by atoms with van der Waals surface area (Å²) in [6, 6.07) is 3.21. The maximum atomic E-state index is 10.5. The van der Waals surface area contributed by atoms with Gasteiger partial charge in [-0.2, -0.15) is 0 Å². The fourth-order valence-electron chi connectivity index (χ4n) is 1.05. The number of aromatic carboxylic acids is 1. The molecular formula is C8H7BrN2O2. The number of halogens is 1. The molecule has 0 atom stereocenters. The molecule has 2 aromatic rings. The van der Waals surface area contributed by atoms with Gasteiger partial charge in [-0.1, -0.05) is 0 Å². The summed E-state index contributed by atoms with van der Waals surface area (Å²) in [5.74, 6) is -1.00. The maximum absolute atomic E-state index is 10.5. The van der Waals surface area contributed by atoms with E-state index >= 15 is 0 Å². The molecule has 0 unspecified atom stereocenters. The van der Waals surface area contributed by atoms with E-state index in [2.05, 4.69) is 9.97 Å². The molecular weight excluding hydrogens is 236 g/mol. The third kappa shape index (κ3) is 1.70.